The van der Waals surface area contributed by atoms with E-state index >= 15 is 0 Å². The average molecular weight is 296 g/mol. The molecule has 2 N–H and O–H groups in total. The molecular formula is C17H16N2OS. The Kier molecular flexibility index (Phi) is 4.28. The molecule has 4 heteroatoms. The molecule has 21 heavy (non-hydrogen) atoms. The zero-order valence-electron chi connectivity index (χ0n) is 11.4. The van der Waals surface area contributed by atoms with Gasteiger partial charge in [-0.05, 0) is 11.1 Å². The van der Waals surface area contributed by atoms with Crippen LogP contribution < -0.4 is 5.32 Å². The van der Waals surface area contributed by atoms with Gasteiger partial charge in [0.2, 0.25) is 0 Å². The van der Waals surface area contributed by atoms with Gasteiger partial charge in [-0.15, -0.1) is 0 Å². The number of rotatable bonds is 5. The molecule has 0 bridgehead atoms. The fourth-order valence-corrected chi connectivity index (χ4v) is 2.90. The maximum absolute atomic E-state index is 10.1. The van der Waals surface area contributed by atoms with Gasteiger partial charge in [-0.1, -0.05) is 72.0 Å². The number of aromatic nitrogens is 1. The number of nitrogens with zero attached hydrogens (tertiary/aromatic N) is 1. The average Bonchev–Trinajstić information content (AvgIpc) is 3.03. The highest BCUT2D eigenvalue weighted by Gasteiger charge is 2.08. The lowest BCUT2D eigenvalue weighted by Crippen LogP contribution is -2.11. The first-order valence-corrected chi connectivity index (χ1v) is 7.63. The lowest BCUT2D eigenvalue weighted by molar-refractivity contribution is 0.191. The van der Waals surface area contributed by atoms with Gasteiger partial charge in [0.25, 0.3) is 0 Å². The van der Waals surface area contributed by atoms with Gasteiger partial charge in [0, 0.05) is 12.7 Å². The van der Waals surface area contributed by atoms with Crippen LogP contribution in [0.2, 0.25) is 0 Å². The molecule has 106 valence electrons. The van der Waals surface area contributed by atoms with Crippen LogP contribution in [0.3, 0.4) is 0 Å². The molecule has 2 aromatic carbocycles. The molecule has 1 atom stereocenters. The molecule has 3 aromatic rings. The largest absolute Gasteiger partial charge is 0.387 e. The fraction of sp³-hybridized carbons (Fsp3) is 0.118. The van der Waals surface area contributed by atoms with Gasteiger partial charge in [-0.3, -0.25) is 0 Å². The summed E-state index contributed by atoms with van der Waals surface area (Å²) in [5.41, 5.74) is 2.07. The maximum atomic E-state index is 10.1. The zero-order chi connectivity index (χ0) is 14.5. The highest BCUT2D eigenvalue weighted by molar-refractivity contribution is 7.18. The Labute approximate surface area is 127 Å². The SMILES string of the molecule is OC(CNc1ncc(-c2ccccc2)s1)c1ccccc1. The van der Waals surface area contributed by atoms with E-state index in [1.807, 2.05) is 54.7 Å². The van der Waals surface area contributed by atoms with Crippen molar-refractivity contribution in [3.63, 3.8) is 0 Å². The van der Waals surface area contributed by atoms with Crippen molar-refractivity contribution in [2.75, 3.05) is 11.9 Å². The Morgan fingerprint density at radius 1 is 1.00 bits per heavy atom. The van der Waals surface area contributed by atoms with Crippen molar-refractivity contribution >= 4 is 16.5 Å². The molecule has 0 aliphatic rings. The summed E-state index contributed by atoms with van der Waals surface area (Å²) in [6.07, 6.45) is 1.33. The minimum absolute atomic E-state index is 0.450. The number of aliphatic hydroxyl groups excluding tert-OH is 1. The number of thiazole rings is 1. The Hall–Kier alpha value is -2.17. The van der Waals surface area contributed by atoms with Crippen LogP contribution in [0.4, 0.5) is 5.13 Å². The quantitative estimate of drug-likeness (QED) is 0.749. The van der Waals surface area contributed by atoms with Crippen LogP contribution in [0.5, 0.6) is 0 Å². The van der Waals surface area contributed by atoms with E-state index < -0.39 is 6.10 Å². The topological polar surface area (TPSA) is 45.1 Å². The normalized spacial score (nSPS) is 12.0. The van der Waals surface area contributed by atoms with Crippen molar-refractivity contribution in [3.05, 3.63) is 72.4 Å². The third-order valence-corrected chi connectivity index (χ3v) is 4.20. The van der Waals surface area contributed by atoms with Gasteiger partial charge in [0.15, 0.2) is 5.13 Å². The summed E-state index contributed by atoms with van der Waals surface area (Å²) in [5, 5.41) is 14.1. The second-order valence-electron chi connectivity index (χ2n) is 4.70. The van der Waals surface area contributed by atoms with Crippen molar-refractivity contribution in [1.29, 1.82) is 0 Å². The van der Waals surface area contributed by atoms with Crippen LogP contribution in [0, 0.1) is 0 Å². The molecule has 0 amide bonds. The summed E-state index contributed by atoms with van der Waals surface area (Å²) >= 11 is 1.59. The summed E-state index contributed by atoms with van der Waals surface area (Å²) in [6, 6.07) is 19.8. The van der Waals surface area contributed by atoms with Crippen LogP contribution in [0.25, 0.3) is 10.4 Å². The molecule has 0 aliphatic carbocycles. The molecule has 0 aliphatic heterocycles. The third kappa shape index (κ3) is 3.48. The van der Waals surface area contributed by atoms with Crippen LogP contribution in [0.1, 0.15) is 11.7 Å². The molecule has 0 radical (unpaired) electrons. The molecule has 1 heterocycles. The molecule has 0 saturated heterocycles. The van der Waals surface area contributed by atoms with E-state index in [0.717, 1.165) is 21.1 Å². The number of benzene rings is 2. The molecule has 1 aromatic heterocycles. The second kappa shape index (κ2) is 6.52. The Morgan fingerprint density at radius 3 is 2.38 bits per heavy atom. The van der Waals surface area contributed by atoms with E-state index in [1.54, 1.807) is 11.3 Å². The zero-order valence-corrected chi connectivity index (χ0v) is 12.3. The lowest BCUT2D eigenvalue weighted by atomic mass is 10.1. The van der Waals surface area contributed by atoms with Gasteiger partial charge < -0.3 is 10.4 Å². The van der Waals surface area contributed by atoms with E-state index in [0.29, 0.717) is 6.54 Å². The first-order chi connectivity index (χ1) is 10.3. The number of anilines is 1. The number of aliphatic hydroxyl groups is 1. The third-order valence-electron chi connectivity index (χ3n) is 3.19. The summed E-state index contributed by atoms with van der Waals surface area (Å²) in [6.45, 7) is 0.450. The standard InChI is InChI=1S/C17H16N2OS/c20-15(13-7-3-1-4-8-13)11-18-17-19-12-16(21-17)14-9-5-2-6-10-14/h1-10,12,15,20H,11H2,(H,18,19). The minimum Gasteiger partial charge on any atom is -0.387 e. The van der Waals surface area contributed by atoms with E-state index in [-0.39, 0.29) is 0 Å². The van der Waals surface area contributed by atoms with Crippen molar-refractivity contribution in [1.82, 2.24) is 4.98 Å². The number of nitrogens with one attached hydrogen (secondary N) is 1. The predicted molar refractivity (Wildman–Crippen MR) is 87.4 cm³/mol. The lowest BCUT2D eigenvalue weighted by Gasteiger charge is -2.11. The van der Waals surface area contributed by atoms with Crippen LogP contribution in [-0.4, -0.2) is 16.6 Å². The molecule has 3 rings (SSSR count). The smallest absolute Gasteiger partial charge is 0.183 e. The van der Waals surface area contributed by atoms with E-state index in [2.05, 4.69) is 22.4 Å². The summed E-state index contributed by atoms with van der Waals surface area (Å²) in [5.74, 6) is 0. The Balaban J connectivity index is 1.63. The highest BCUT2D eigenvalue weighted by Crippen LogP contribution is 2.28. The number of hydrogen-bond acceptors (Lipinski definition) is 4. The number of hydrogen-bond donors (Lipinski definition) is 2. The summed E-state index contributed by atoms with van der Waals surface area (Å²) in [4.78, 5) is 5.47. The Morgan fingerprint density at radius 2 is 1.67 bits per heavy atom. The van der Waals surface area contributed by atoms with Crippen molar-refractivity contribution in [2.24, 2.45) is 0 Å². The molecule has 0 saturated carbocycles. The minimum atomic E-state index is -0.532. The van der Waals surface area contributed by atoms with Gasteiger partial charge in [0.05, 0.1) is 11.0 Å². The van der Waals surface area contributed by atoms with Crippen molar-refractivity contribution in [3.8, 4) is 10.4 Å². The van der Waals surface area contributed by atoms with Gasteiger partial charge in [-0.2, -0.15) is 0 Å². The van der Waals surface area contributed by atoms with Gasteiger partial charge >= 0.3 is 0 Å². The first-order valence-electron chi connectivity index (χ1n) is 6.81. The van der Waals surface area contributed by atoms with E-state index in [1.165, 1.54) is 0 Å². The Bertz CT molecular complexity index is 682. The summed E-state index contributed by atoms with van der Waals surface area (Å²) < 4.78 is 0. The molecule has 0 fully saturated rings. The van der Waals surface area contributed by atoms with E-state index in [9.17, 15) is 5.11 Å². The van der Waals surface area contributed by atoms with Gasteiger partial charge in [0.1, 0.15) is 0 Å². The maximum Gasteiger partial charge on any atom is 0.183 e. The van der Waals surface area contributed by atoms with Crippen LogP contribution in [-0.2, 0) is 0 Å². The fourth-order valence-electron chi connectivity index (χ4n) is 2.07. The first kappa shape index (κ1) is 13.8. The van der Waals surface area contributed by atoms with Crippen LogP contribution in [0.15, 0.2) is 66.9 Å². The monoisotopic (exact) mass is 296 g/mol. The summed E-state index contributed by atoms with van der Waals surface area (Å²) in [7, 11) is 0. The molecular weight excluding hydrogens is 280 g/mol. The molecule has 0 spiro atoms. The molecule has 3 nitrogen and oxygen atoms in total. The van der Waals surface area contributed by atoms with Gasteiger partial charge in [-0.25, -0.2) is 4.98 Å². The van der Waals surface area contributed by atoms with Crippen molar-refractivity contribution < 1.29 is 5.11 Å². The van der Waals surface area contributed by atoms with Crippen molar-refractivity contribution in [2.45, 2.75) is 6.10 Å². The second-order valence-corrected chi connectivity index (χ2v) is 5.73. The van der Waals surface area contributed by atoms with Crippen LogP contribution >= 0.6 is 11.3 Å². The van der Waals surface area contributed by atoms with E-state index in [4.69, 9.17) is 0 Å². The molecule has 1 unspecified atom stereocenters. The highest BCUT2D eigenvalue weighted by atomic mass is 32.1. The predicted octanol–water partition coefficient (Wildman–Crippen LogP) is 3.96.